The molecule has 0 amide bonds. The van der Waals surface area contributed by atoms with Crippen LogP contribution < -0.4 is 0 Å². The van der Waals surface area contributed by atoms with Crippen LogP contribution >= 0.6 is 0 Å². The molecule has 1 saturated heterocycles. The molecule has 2 saturated carbocycles. The zero-order valence-corrected chi connectivity index (χ0v) is 10.1. The molecule has 5 atom stereocenters. The molecule has 0 spiro atoms. The quantitative estimate of drug-likeness (QED) is 0.588. The summed E-state index contributed by atoms with van der Waals surface area (Å²) < 4.78 is 6.02. The van der Waals surface area contributed by atoms with Crippen molar-refractivity contribution < 1.29 is 9.84 Å². The maximum absolute atomic E-state index is 9.20. The van der Waals surface area contributed by atoms with E-state index in [1.165, 1.54) is 32.1 Å². The van der Waals surface area contributed by atoms with E-state index in [0.717, 1.165) is 17.4 Å². The molecule has 90 valence electrons. The molecule has 1 N–H and O–H groups in total. The molecular weight excluding hydrogens is 200 g/mol. The minimum atomic E-state index is 0.0689. The van der Waals surface area contributed by atoms with Gasteiger partial charge in [0.1, 0.15) is 5.60 Å². The van der Waals surface area contributed by atoms with Crippen LogP contribution in [0.3, 0.4) is 0 Å². The van der Waals surface area contributed by atoms with Gasteiger partial charge in [0.2, 0.25) is 0 Å². The zero-order chi connectivity index (χ0) is 11.3. The predicted octanol–water partition coefficient (Wildman–Crippen LogP) is 2.52. The fraction of sp³-hybridized carbons (Fsp3) is 0.857. The maximum Gasteiger partial charge on any atom is 0.102 e. The number of epoxide rings is 1. The lowest BCUT2D eigenvalue weighted by atomic mass is 9.81. The summed E-state index contributed by atoms with van der Waals surface area (Å²) in [5, 5.41) is 9.20. The van der Waals surface area contributed by atoms with Gasteiger partial charge in [-0.25, -0.2) is 0 Å². The number of aliphatic hydroxyl groups excluding tert-OH is 1. The Hall–Kier alpha value is -0.340. The van der Waals surface area contributed by atoms with E-state index < -0.39 is 0 Å². The van der Waals surface area contributed by atoms with Gasteiger partial charge >= 0.3 is 0 Å². The first-order valence-corrected chi connectivity index (χ1v) is 6.65. The fourth-order valence-electron chi connectivity index (χ4n) is 4.12. The Kier molecular flexibility index (Phi) is 2.41. The van der Waals surface area contributed by atoms with Crippen molar-refractivity contribution in [2.75, 3.05) is 6.61 Å². The largest absolute Gasteiger partial charge is 0.392 e. The standard InChI is InChI=1S/C14H22O2/c1-9(8-15)10(2)14-7-11-5-3-4-6-12(11)13(14)16-14/h10-13,15H,1,3-8H2,2H3/t10?,11-,12?,13+,14+/m0/s1. The van der Waals surface area contributed by atoms with Crippen LogP contribution in [-0.2, 0) is 4.74 Å². The smallest absolute Gasteiger partial charge is 0.102 e. The van der Waals surface area contributed by atoms with Crippen LogP contribution in [0.15, 0.2) is 12.2 Å². The third kappa shape index (κ3) is 1.32. The molecule has 2 nitrogen and oxygen atoms in total. The highest BCUT2D eigenvalue weighted by atomic mass is 16.6. The number of hydrogen-bond donors (Lipinski definition) is 1. The van der Waals surface area contributed by atoms with E-state index in [4.69, 9.17) is 4.74 Å². The van der Waals surface area contributed by atoms with Crippen molar-refractivity contribution in [3.8, 4) is 0 Å². The van der Waals surface area contributed by atoms with E-state index in [-0.39, 0.29) is 12.2 Å². The van der Waals surface area contributed by atoms with Crippen molar-refractivity contribution in [2.45, 2.75) is 50.7 Å². The minimum absolute atomic E-state index is 0.0689. The molecule has 16 heavy (non-hydrogen) atoms. The average Bonchev–Trinajstić information content (AvgIpc) is 2.96. The Morgan fingerprint density at radius 3 is 2.94 bits per heavy atom. The van der Waals surface area contributed by atoms with Gasteiger partial charge in [-0.1, -0.05) is 26.3 Å². The monoisotopic (exact) mass is 222 g/mol. The summed E-state index contributed by atoms with van der Waals surface area (Å²) in [5.41, 5.74) is 1.01. The summed E-state index contributed by atoms with van der Waals surface area (Å²) in [6.45, 7) is 6.26. The van der Waals surface area contributed by atoms with Gasteiger partial charge in [-0.05, 0) is 36.7 Å². The Morgan fingerprint density at radius 1 is 1.50 bits per heavy atom. The van der Waals surface area contributed by atoms with Gasteiger partial charge in [-0.3, -0.25) is 0 Å². The molecule has 3 fully saturated rings. The molecule has 2 heteroatoms. The van der Waals surface area contributed by atoms with Crippen LogP contribution in [-0.4, -0.2) is 23.4 Å². The molecular formula is C14H22O2. The first-order valence-electron chi connectivity index (χ1n) is 6.65. The van der Waals surface area contributed by atoms with Crippen LogP contribution in [0.4, 0.5) is 0 Å². The Morgan fingerprint density at radius 2 is 2.25 bits per heavy atom. The first-order chi connectivity index (χ1) is 7.69. The second-order valence-electron chi connectivity index (χ2n) is 5.94. The van der Waals surface area contributed by atoms with Gasteiger partial charge in [0, 0.05) is 5.92 Å². The highest BCUT2D eigenvalue weighted by molar-refractivity contribution is 5.23. The van der Waals surface area contributed by atoms with E-state index >= 15 is 0 Å². The summed E-state index contributed by atoms with van der Waals surface area (Å²) in [6.07, 6.45) is 7.23. The molecule has 2 unspecified atom stereocenters. The molecule has 3 aliphatic rings. The van der Waals surface area contributed by atoms with E-state index in [2.05, 4.69) is 13.5 Å². The van der Waals surface area contributed by atoms with Crippen LogP contribution in [0.25, 0.3) is 0 Å². The molecule has 0 bridgehead atoms. The molecule has 0 aromatic rings. The van der Waals surface area contributed by atoms with Crippen molar-refractivity contribution in [2.24, 2.45) is 17.8 Å². The van der Waals surface area contributed by atoms with E-state index in [9.17, 15) is 5.11 Å². The third-order valence-corrected chi connectivity index (χ3v) is 5.26. The van der Waals surface area contributed by atoms with Crippen LogP contribution in [0.1, 0.15) is 39.0 Å². The van der Waals surface area contributed by atoms with Crippen molar-refractivity contribution in [1.82, 2.24) is 0 Å². The first kappa shape index (κ1) is 10.8. The molecule has 0 radical (unpaired) electrons. The van der Waals surface area contributed by atoms with Gasteiger partial charge < -0.3 is 9.84 Å². The lowest BCUT2D eigenvalue weighted by Gasteiger charge is -2.27. The molecule has 1 heterocycles. The van der Waals surface area contributed by atoms with Crippen molar-refractivity contribution in [1.29, 1.82) is 0 Å². The molecule has 0 aromatic heterocycles. The van der Waals surface area contributed by atoms with Crippen LogP contribution in [0, 0.1) is 17.8 Å². The van der Waals surface area contributed by atoms with Gasteiger partial charge in [-0.2, -0.15) is 0 Å². The highest BCUT2D eigenvalue weighted by Gasteiger charge is 2.69. The lowest BCUT2D eigenvalue weighted by molar-refractivity contribution is 0.115. The fourth-order valence-corrected chi connectivity index (χ4v) is 4.12. The number of rotatable bonds is 3. The molecule has 2 aliphatic carbocycles. The van der Waals surface area contributed by atoms with Gasteiger partial charge in [0.05, 0.1) is 12.7 Å². The average molecular weight is 222 g/mol. The van der Waals surface area contributed by atoms with Crippen LogP contribution in [0.5, 0.6) is 0 Å². The molecule has 0 aromatic carbocycles. The van der Waals surface area contributed by atoms with Gasteiger partial charge in [0.15, 0.2) is 0 Å². The molecule has 3 rings (SSSR count). The topological polar surface area (TPSA) is 32.8 Å². The second kappa shape index (κ2) is 3.58. The zero-order valence-electron chi connectivity index (χ0n) is 10.1. The summed E-state index contributed by atoms with van der Waals surface area (Å²) >= 11 is 0. The van der Waals surface area contributed by atoms with E-state index in [1.807, 2.05) is 0 Å². The molecule has 1 aliphatic heterocycles. The summed E-state index contributed by atoms with van der Waals surface area (Å²) in [4.78, 5) is 0. The second-order valence-corrected chi connectivity index (χ2v) is 5.94. The number of hydrogen-bond acceptors (Lipinski definition) is 2. The van der Waals surface area contributed by atoms with E-state index in [1.54, 1.807) is 0 Å². The summed E-state index contributed by atoms with van der Waals surface area (Å²) in [7, 11) is 0. The van der Waals surface area contributed by atoms with Crippen molar-refractivity contribution >= 4 is 0 Å². The van der Waals surface area contributed by atoms with Crippen molar-refractivity contribution in [3.05, 3.63) is 12.2 Å². The third-order valence-electron chi connectivity index (χ3n) is 5.26. The van der Waals surface area contributed by atoms with Crippen molar-refractivity contribution in [3.63, 3.8) is 0 Å². The predicted molar refractivity (Wildman–Crippen MR) is 63.1 cm³/mol. The van der Waals surface area contributed by atoms with E-state index in [0.29, 0.717) is 12.0 Å². The summed E-state index contributed by atoms with van der Waals surface area (Å²) in [5.74, 6) is 2.03. The number of ether oxygens (including phenoxy) is 1. The highest BCUT2D eigenvalue weighted by Crippen LogP contribution is 2.63. The Labute approximate surface area is 97.7 Å². The Balaban J connectivity index is 1.76. The number of aliphatic hydroxyl groups is 1. The normalized spacial score (nSPS) is 47.0. The minimum Gasteiger partial charge on any atom is -0.392 e. The lowest BCUT2D eigenvalue weighted by Crippen LogP contribution is -2.25. The van der Waals surface area contributed by atoms with Gasteiger partial charge in [0.25, 0.3) is 0 Å². The number of fused-ring (bicyclic) bond motifs is 3. The maximum atomic E-state index is 9.20. The van der Waals surface area contributed by atoms with Gasteiger partial charge in [-0.15, -0.1) is 0 Å². The SMILES string of the molecule is C=C(CO)C(C)[C@]12C[C@@H]3CCCCC3[C@H]1O2. The Bertz CT molecular complexity index is 312. The summed E-state index contributed by atoms with van der Waals surface area (Å²) in [6, 6.07) is 0. The van der Waals surface area contributed by atoms with Crippen LogP contribution in [0.2, 0.25) is 0 Å².